The Hall–Kier alpha value is -1.91. The van der Waals surface area contributed by atoms with E-state index in [9.17, 15) is 17.6 Å². The summed E-state index contributed by atoms with van der Waals surface area (Å²) in [5, 5.41) is 11.1. The summed E-state index contributed by atoms with van der Waals surface area (Å²) in [6, 6.07) is 3.49. The van der Waals surface area contributed by atoms with Gasteiger partial charge in [0.25, 0.3) is 0 Å². The molecule has 21 heavy (non-hydrogen) atoms. The summed E-state index contributed by atoms with van der Waals surface area (Å²) >= 11 is 0. The van der Waals surface area contributed by atoms with Crippen molar-refractivity contribution in [3.05, 3.63) is 29.6 Å². The van der Waals surface area contributed by atoms with Crippen molar-refractivity contribution in [2.24, 2.45) is 0 Å². The summed E-state index contributed by atoms with van der Waals surface area (Å²) in [4.78, 5) is 12.1. The van der Waals surface area contributed by atoms with Crippen molar-refractivity contribution in [3.8, 4) is 11.8 Å². The first kappa shape index (κ1) is 17.1. The maximum absolute atomic E-state index is 13.2. The van der Waals surface area contributed by atoms with Gasteiger partial charge in [0.2, 0.25) is 5.91 Å². The quantitative estimate of drug-likeness (QED) is 0.813. The summed E-state index contributed by atoms with van der Waals surface area (Å²) in [5.41, 5.74) is 0.334. The number of benzene rings is 1. The van der Waals surface area contributed by atoms with Gasteiger partial charge in [-0.1, -0.05) is 11.8 Å². The van der Waals surface area contributed by atoms with E-state index in [1.165, 1.54) is 19.9 Å². The first-order valence-electron chi connectivity index (χ1n) is 6.00. The van der Waals surface area contributed by atoms with Crippen LogP contribution in [0.2, 0.25) is 0 Å². The van der Waals surface area contributed by atoms with Crippen LogP contribution in [0.4, 0.5) is 10.1 Å². The van der Waals surface area contributed by atoms with E-state index in [1.807, 2.05) is 0 Å². The maximum Gasteiger partial charge on any atom is 0.245 e. The van der Waals surface area contributed by atoms with Crippen LogP contribution in [0.3, 0.4) is 0 Å². The molecule has 0 saturated heterocycles. The van der Waals surface area contributed by atoms with Gasteiger partial charge in [0.1, 0.15) is 17.2 Å². The SMILES string of the molecule is CC(C)(C(=O)Nc1ccc(F)cc1C#CCO)S(C)(=O)=O. The Morgan fingerprint density at radius 1 is 1.43 bits per heavy atom. The van der Waals surface area contributed by atoms with Crippen LogP contribution < -0.4 is 5.32 Å². The molecule has 1 amide bonds. The minimum absolute atomic E-state index is 0.154. The third kappa shape index (κ3) is 4.03. The summed E-state index contributed by atoms with van der Waals surface area (Å²) in [7, 11) is -3.62. The number of hydrogen-bond donors (Lipinski definition) is 2. The molecule has 0 aliphatic rings. The molecule has 0 saturated carbocycles. The van der Waals surface area contributed by atoms with E-state index in [-0.39, 0.29) is 11.3 Å². The fourth-order valence-electron chi connectivity index (χ4n) is 1.30. The minimum Gasteiger partial charge on any atom is -0.384 e. The molecule has 2 N–H and O–H groups in total. The third-order valence-electron chi connectivity index (χ3n) is 3.01. The molecule has 0 aliphatic heterocycles. The summed E-state index contributed by atoms with van der Waals surface area (Å²) in [5.74, 6) is 3.53. The average Bonchev–Trinajstić information content (AvgIpc) is 2.37. The van der Waals surface area contributed by atoms with E-state index in [0.29, 0.717) is 0 Å². The molecule has 0 aromatic heterocycles. The molecule has 7 heteroatoms. The second kappa shape index (κ2) is 6.24. The van der Waals surface area contributed by atoms with Crippen molar-refractivity contribution in [1.29, 1.82) is 0 Å². The molecule has 1 rings (SSSR count). The van der Waals surface area contributed by atoms with Gasteiger partial charge in [0.05, 0.1) is 11.3 Å². The maximum atomic E-state index is 13.2. The molecule has 0 aliphatic carbocycles. The van der Waals surface area contributed by atoms with Crippen molar-refractivity contribution < 1.29 is 22.7 Å². The molecule has 0 atom stereocenters. The number of amides is 1. The van der Waals surface area contributed by atoms with Gasteiger partial charge in [0, 0.05) is 6.26 Å². The summed E-state index contributed by atoms with van der Waals surface area (Å²) in [6.45, 7) is 2.14. The van der Waals surface area contributed by atoms with Gasteiger partial charge in [-0.15, -0.1) is 0 Å². The number of aliphatic hydroxyl groups is 1. The molecule has 0 fully saturated rings. The monoisotopic (exact) mass is 313 g/mol. The largest absolute Gasteiger partial charge is 0.384 e. The molecule has 1 aromatic carbocycles. The van der Waals surface area contributed by atoms with Gasteiger partial charge < -0.3 is 10.4 Å². The standard InChI is InChI=1S/C14H16FNO4S/c1-14(2,21(3,19)20)13(18)16-12-7-6-11(15)9-10(12)5-4-8-17/h6-7,9,17H,8H2,1-3H3,(H,16,18). The van der Waals surface area contributed by atoms with Crippen LogP contribution in [0.25, 0.3) is 0 Å². The Kier molecular flexibility index (Phi) is 5.10. The highest BCUT2D eigenvalue weighted by molar-refractivity contribution is 7.92. The zero-order valence-electron chi connectivity index (χ0n) is 11.9. The van der Waals surface area contributed by atoms with Crippen LogP contribution >= 0.6 is 0 Å². The lowest BCUT2D eigenvalue weighted by Gasteiger charge is -2.21. The first-order chi connectivity index (χ1) is 9.59. The number of aliphatic hydroxyl groups excluding tert-OH is 1. The second-order valence-corrected chi connectivity index (χ2v) is 7.45. The molecule has 0 bridgehead atoms. The predicted octanol–water partition coefficient (Wildman–Crippen LogP) is 0.931. The molecule has 5 nitrogen and oxygen atoms in total. The van der Waals surface area contributed by atoms with Gasteiger partial charge in [0.15, 0.2) is 9.84 Å². The predicted molar refractivity (Wildman–Crippen MR) is 77.9 cm³/mol. The highest BCUT2D eigenvalue weighted by Crippen LogP contribution is 2.21. The summed E-state index contributed by atoms with van der Waals surface area (Å²) < 4.78 is 34.8. The Balaban J connectivity index is 3.17. The van der Waals surface area contributed by atoms with E-state index >= 15 is 0 Å². The van der Waals surface area contributed by atoms with Crippen molar-refractivity contribution >= 4 is 21.4 Å². The van der Waals surface area contributed by atoms with E-state index in [4.69, 9.17) is 5.11 Å². The van der Waals surface area contributed by atoms with Gasteiger partial charge in [-0.3, -0.25) is 4.79 Å². The van der Waals surface area contributed by atoms with Crippen LogP contribution in [0.15, 0.2) is 18.2 Å². The van der Waals surface area contributed by atoms with Crippen molar-refractivity contribution in [3.63, 3.8) is 0 Å². The van der Waals surface area contributed by atoms with E-state index < -0.39 is 32.9 Å². The number of sulfone groups is 1. The first-order valence-corrected chi connectivity index (χ1v) is 7.89. The molecule has 0 radical (unpaired) electrons. The highest BCUT2D eigenvalue weighted by atomic mass is 32.2. The Morgan fingerprint density at radius 3 is 2.57 bits per heavy atom. The van der Waals surface area contributed by atoms with Gasteiger partial charge >= 0.3 is 0 Å². The number of hydrogen-bond acceptors (Lipinski definition) is 4. The van der Waals surface area contributed by atoms with Crippen molar-refractivity contribution in [1.82, 2.24) is 0 Å². The highest BCUT2D eigenvalue weighted by Gasteiger charge is 2.38. The molecular formula is C14H16FNO4S. The fourth-order valence-corrected chi connectivity index (χ4v) is 1.69. The Labute approximate surface area is 123 Å². The van der Waals surface area contributed by atoms with Crippen molar-refractivity contribution in [2.45, 2.75) is 18.6 Å². The Bertz CT molecular complexity index is 714. The van der Waals surface area contributed by atoms with Gasteiger partial charge in [-0.25, -0.2) is 12.8 Å². The minimum atomic E-state index is -3.62. The van der Waals surface area contributed by atoms with Crippen molar-refractivity contribution in [2.75, 3.05) is 18.2 Å². The van der Waals surface area contributed by atoms with E-state index in [0.717, 1.165) is 18.4 Å². The van der Waals surface area contributed by atoms with E-state index in [2.05, 4.69) is 17.2 Å². The summed E-state index contributed by atoms with van der Waals surface area (Å²) in [6.07, 6.45) is 0.962. The van der Waals surface area contributed by atoms with Crippen LogP contribution in [0.5, 0.6) is 0 Å². The van der Waals surface area contributed by atoms with E-state index in [1.54, 1.807) is 0 Å². The fraction of sp³-hybridized carbons (Fsp3) is 0.357. The van der Waals surface area contributed by atoms with Crippen LogP contribution in [0, 0.1) is 17.7 Å². The second-order valence-electron chi connectivity index (χ2n) is 4.89. The lowest BCUT2D eigenvalue weighted by atomic mass is 10.1. The number of carbonyl (C=O) groups excluding carboxylic acids is 1. The molecule has 0 unspecified atom stereocenters. The Morgan fingerprint density at radius 2 is 2.05 bits per heavy atom. The number of carbonyl (C=O) groups is 1. The average molecular weight is 313 g/mol. The molecule has 0 spiro atoms. The van der Waals surface area contributed by atoms with Crippen LogP contribution in [-0.2, 0) is 14.6 Å². The van der Waals surface area contributed by atoms with Gasteiger partial charge in [-0.05, 0) is 32.0 Å². The number of rotatable bonds is 3. The zero-order valence-corrected chi connectivity index (χ0v) is 12.7. The van der Waals surface area contributed by atoms with Crippen LogP contribution in [-0.4, -0.2) is 37.0 Å². The van der Waals surface area contributed by atoms with Gasteiger partial charge in [-0.2, -0.15) is 0 Å². The number of halogens is 1. The lowest BCUT2D eigenvalue weighted by Crippen LogP contribution is -2.44. The normalized spacial score (nSPS) is 11.5. The smallest absolute Gasteiger partial charge is 0.245 e. The molecule has 1 aromatic rings. The third-order valence-corrected chi connectivity index (χ3v) is 5.05. The molecule has 114 valence electrons. The molecular weight excluding hydrogens is 297 g/mol. The number of anilines is 1. The topological polar surface area (TPSA) is 83.5 Å². The van der Waals surface area contributed by atoms with Crippen LogP contribution in [0.1, 0.15) is 19.4 Å². The number of nitrogens with one attached hydrogen (secondary N) is 1. The lowest BCUT2D eigenvalue weighted by molar-refractivity contribution is -0.117. The molecule has 0 heterocycles. The zero-order chi connectivity index (χ0) is 16.3.